The molecule has 0 saturated heterocycles. The van der Waals surface area contributed by atoms with Gasteiger partial charge in [0.15, 0.2) is 0 Å². The number of aromatic amines is 1. The van der Waals surface area contributed by atoms with Crippen LogP contribution in [0.5, 0.6) is 11.6 Å². The third kappa shape index (κ3) is 3.25. The number of rotatable bonds is 5. The summed E-state index contributed by atoms with van der Waals surface area (Å²) in [5, 5.41) is 17.1. The topological polar surface area (TPSA) is 97.0 Å². The van der Waals surface area contributed by atoms with Crippen LogP contribution in [0.1, 0.15) is 61.8 Å². The van der Waals surface area contributed by atoms with E-state index < -0.39 is 0 Å². The summed E-state index contributed by atoms with van der Waals surface area (Å²) in [6.07, 6.45) is 6.73. The number of nitrogens with zero attached hydrogens (tertiary/aromatic N) is 2. The minimum atomic E-state index is -0.300. The fraction of sp³-hybridized carbons (Fsp3) is 0.429. The predicted molar refractivity (Wildman–Crippen MR) is 101 cm³/mol. The summed E-state index contributed by atoms with van der Waals surface area (Å²) in [4.78, 5) is 0. The zero-order valence-corrected chi connectivity index (χ0v) is 15.5. The van der Waals surface area contributed by atoms with Crippen LogP contribution in [0.15, 0.2) is 35.7 Å². The van der Waals surface area contributed by atoms with Gasteiger partial charge in [-0.2, -0.15) is 5.26 Å². The standard InChI is InChI=1S/C21H24N4O2/c1-2-6-17-19-18(16(12-22)20(23)27-21(19)25-24-17)13-7-5-10-15(11-13)26-14-8-3-4-9-14/h5,7,10-11,14,18H,2-4,6,8-9,23H2,1H3,(H,24,25)/t18-/m1/s1. The van der Waals surface area contributed by atoms with Crippen molar-refractivity contribution >= 4 is 0 Å². The Morgan fingerprint density at radius 3 is 2.93 bits per heavy atom. The highest BCUT2D eigenvalue weighted by molar-refractivity contribution is 5.56. The SMILES string of the molecule is CCCc1[nH]nc2c1[C@H](c1cccc(OC3CCCC3)c1)C(C#N)=C(N)O2. The number of hydrogen-bond donors (Lipinski definition) is 2. The number of fused-ring (bicyclic) bond motifs is 1. The van der Waals surface area contributed by atoms with Gasteiger partial charge in [0.05, 0.1) is 12.0 Å². The highest BCUT2D eigenvalue weighted by Crippen LogP contribution is 2.43. The van der Waals surface area contributed by atoms with Crippen molar-refractivity contribution in [1.29, 1.82) is 5.26 Å². The van der Waals surface area contributed by atoms with Crippen molar-refractivity contribution in [2.75, 3.05) is 0 Å². The first-order chi connectivity index (χ1) is 13.2. The molecule has 1 aliphatic carbocycles. The lowest BCUT2D eigenvalue weighted by molar-refractivity contribution is 0.210. The Morgan fingerprint density at radius 2 is 2.19 bits per heavy atom. The van der Waals surface area contributed by atoms with E-state index in [1.807, 2.05) is 24.3 Å². The van der Waals surface area contributed by atoms with Crippen molar-refractivity contribution < 1.29 is 9.47 Å². The number of aromatic nitrogens is 2. The van der Waals surface area contributed by atoms with Gasteiger partial charge in [-0.1, -0.05) is 25.5 Å². The fourth-order valence-corrected chi connectivity index (χ4v) is 4.05. The minimum Gasteiger partial charge on any atom is -0.490 e. The van der Waals surface area contributed by atoms with Gasteiger partial charge in [0, 0.05) is 11.3 Å². The van der Waals surface area contributed by atoms with Crippen LogP contribution in [0.4, 0.5) is 0 Å². The molecule has 140 valence electrons. The molecule has 0 bridgehead atoms. The van der Waals surface area contributed by atoms with Gasteiger partial charge < -0.3 is 15.2 Å². The first-order valence-corrected chi connectivity index (χ1v) is 9.62. The summed E-state index contributed by atoms with van der Waals surface area (Å²) in [6, 6.07) is 10.2. The molecular weight excluding hydrogens is 340 g/mol. The van der Waals surface area contributed by atoms with Gasteiger partial charge in [-0.3, -0.25) is 5.10 Å². The zero-order valence-electron chi connectivity index (χ0n) is 15.5. The van der Waals surface area contributed by atoms with Crippen LogP contribution < -0.4 is 15.2 Å². The summed E-state index contributed by atoms with van der Waals surface area (Å²) >= 11 is 0. The molecule has 3 N–H and O–H groups in total. The van der Waals surface area contributed by atoms with Crippen LogP contribution in [0, 0.1) is 11.3 Å². The molecule has 6 nitrogen and oxygen atoms in total. The molecular formula is C21H24N4O2. The first kappa shape index (κ1) is 17.5. The van der Waals surface area contributed by atoms with Crippen molar-refractivity contribution in [1.82, 2.24) is 10.2 Å². The van der Waals surface area contributed by atoms with Crippen LogP contribution in [-0.4, -0.2) is 16.3 Å². The number of allylic oxidation sites excluding steroid dienone is 1. The fourth-order valence-electron chi connectivity index (χ4n) is 4.05. The number of nitrogens with two attached hydrogens (primary N) is 1. The van der Waals surface area contributed by atoms with Gasteiger partial charge in [-0.15, -0.1) is 5.10 Å². The quantitative estimate of drug-likeness (QED) is 0.838. The van der Waals surface area contributed by atoms with Gasteiger partial charge in [0.2, 0.25) is 11.8 Å². The van der Waals surface area contributed by atoms with E-state index in [2.05, 4.69) is 23.2 Å². The molecule has 1 aromatic heterocycles. The van der Waals surface area contributed by atoms with Gasteiger partial charge in [-0.05, 0) is 49.8 Å². The molecule has 1 fully saturated rings. The van der Waals surface area contributed by atoms with Crippen molar-refractivity contribution in [3.63, 3.8) is 0 Å². The smallest absolute Gasteiger partial charge is 0.244 e. The number of ether oxygens (including phenoxy) is 2. The van der Waals surface area contributed by atoms with E-state index in [-0.39, 0.29) is 17.9 Å². The molecule has 6 heteroatoms. The average molecular weight is 364 g/mol. The van der Waals surface area contributed by atoms with Crippen LogP contribution in [0.25, 0.3) is 0 Å². The molecule has 1 aromatic carbocycles. The summed E-state index contributed by atoms with van der Waals surface area (Å²) in [7, 11) is 0. The second-order valence-electron chi connectivity index (χ2n) is 7.19. The van der Waals surface area contributed by atoms with Gasteiger partial charge >= 0.3 is 0 Å². The Morgan fingerprint density at radius 1 is 1.37 bits per heavy atom. The molecule has 1 saturated carbocycles. The third-order valence-corrected chi connectivity index (χ3v) is 5.31. The Balaban J connectivity index is 1.75. The van der Waals surface area contributed by atoms with Crippen molar-refractivity contribution in [3.05, 3.63) is 52.5 Å². The Kier molecular flexibility index (Phi) is 4.76. The maximum absolute atomic E-state index is 9.75. The molecule has 2 aliphatic rings. The molecule has 2 heterocycles. The van der Waals surface area contributed by atoms with E-state index in [1.54, 1.807) is 0 Å². The summed E-state index contributed by atoms with van der Waals surface area (Å²) < 4.78 is 11.8. The Hall–Kier alpha value is -2.94. The maximum atomic E-state index is 9.75. The van der Waals surface area contributed by atoms with Crippen LogP contribution in [0.3, 0.4) is 0 Å². The van der Waals surface area contributed by atoms with Gasteiger partial charge in [0.1, 0.15) is 17.4 Å². The summed E-state index contributed by atoms with van der Waals surface area (Å²) in [6.45, 7) is 2.11. The molecule has 1 aliphatic heterocycles. The van der Waals surface area contributed by atoms with Gasteiger partial charge in [0.25, 0.3) is 0 Å². The van der Waals surface area contributed by atoms with Crippen LogP contribution in [-0.2, 0) is 6.42 Å². The Bertz CT molecular complexity index is 903. The number of aryl methyl sites for hydroxylation is 1. The number of nitrogens with one attached hydrogen (secondary N) is 1. The Labute approximate surface area is 159 Å². The van der Waals surface area contributed by atoms with E-state index in [0.29, 0.717) is 11.5 Å². The number of benzene rings is 1. The maximum Gasteiger partial charge on any atom is 0.244 e. The second-order valence-corrected chi connectivity index (χ2v) is 7.19. The molecule has 4 rings (SSSR count). The predicted octanol–water partition coefficient (Wildman–Crippen LogP) is 3.90. The highest BCUT2D eigenvalue weighted by Gasteiger charge is 2.35. The minimum absolute atomic E-state index is 0.117. The number of hydrogen-bond acceptors (Lipinski definition) is 5. The first-order valence-electron chi connectivity index (χ1n) is 9.62. The normalized spacial score (nSPS) is 19.5. The largest absolute Gasteiger partial charge is 0.490 e. The van der Waals surface area contributed by atoms with Crippen LogP contribution >= 0.6 is 0 Å². The van der Waals surface area contributed by atoms with Crippen molar-refractivity contribution in [2.45, 2.75) is 57.5 Å². The lowest BCUT2D eigenvalue weighted by atomic mass is 9.83. The molecule has 0 radical (unpaired) electrons. The lowest BCUT2D eigenvalue weighted by Gasteiger charge is -2.24. The molecule has 0 amide bonds. The van der Waals surface area contributed by atoms with E-state index in [1.165, 1.54) is 12.8 Å². The third-order valence-electron chi connectivity index (χ3n) is 5.31. The van der Waals surface area contributed by atoms with E-state index in [4.69, 9.17) is 15.2 Å². The van der Waals surface area contributed by atoms with Crippen LogP contribution in [0.2, 0.25) is 0 Å². The van der Waals surface area contributed by atoms with Gasteiger partial charge in [-0.25, -0.2) is 0 Å². The molecule has 2 aromatic rings. The monoisotopic (exact) mass is 364 g/mol. The highest BCUT2D eigenvalue weighted by atomic mass is 16.5. The van der Waals surface area contributed by atoms with E-state index in [0.717, 1.165) is 48.3 Å². The number of H-pyrrole nitrogens is 1. The second kappa shape index (κ2) is 7.36. The van der Waals surface area contributed by atoms with Crippen molar-refractivity contribution in [2.24, 2.45) is 5.73 Å². The summed E-state index contributed by atoms with van der Waals surface area (Å²) in [5.74, 6) is 1.11. The van der Waals surface area contributed by atoms with E-state index in [9.17, 15) is 5.26 Å². The molecule has 0 unspecified atom stereocenters. The molecule has 0 spiro atoms. The van der Waals surface area contributed by atoms with E-state index >= 15 is 0 Å². The molecule has 27 heavy (non-hydrogen) atoms. The average Bonchev–Trinajstić information content (AvgIpc) is 3.31. The summed E-state index contributed by atoms with van der Waals surface area (Å²) in [5.41, 5.74) is 9.31. The molecule has 1 atom stereocenters. The number of nitriles is 1. The zero-order chi connectivity index (χ0) is 18.8. The lowest BCUT2D eigenvalue weighted by Crippen LogP contribution is -2.21. The van der Waals surface area contributed by atoms with Crippen molar-refractivity contribution in [3.8, 4) is 17.7 Å².